The van der Waals surface area contributed by atoms with Crippen LogP contribution in [0.3, 0.4) is 0 Å². The van der Waals surface area contributed by atoms with Crippen molar-refractivity contribution in [1.82, 2.24) is 14.5 Å². The number of aromatic nitrogens is 2. The van der Waals surface area contributed by atoms with Gasteiger partial charge in [-0.25, -0.2) is 4.98 Å². The summed E-state index contributed by atoms with van der Waals surface area (Å²) in [5.41, 5.74) is 1.98. The van der Waals surface area contributed by atoms with E-state index in [4.69, 9.17) is 27.9 Å². The maximum atomic E-state index is 10.9. The third-order valence-electron chi connectivity index (χ3n) is 5.19. The second kappa shape index (κ2) is 9.41. The predicted molar refractivity (Wildman–Crippen MR) is 118 cm³/mol. The summed E-state index contributed by atoms with van der Waals surface area (Å²) in [6.45, 7) is 3.69. The highest BCUT2D eigenvalue weighted by atomic mass is 35.5. The van der Waals surface area contributed by atoms with Gasteiger partial charge in [0.15, 0.2) is 0 Å². The van der Waals surface area contributed by atoms with Gasteiger partial charge >= 0.3 is 0 Å². The number of rotatable bonds is 7. The molecule has 1 atom stereocenters. The number of benzene rings is 2. The van der Waals surface area contributed by atoms with Crippen LogP contribution in [0, 0.1) is 0 Å². The smallest absolute Gasteiger partial charge is 0.209 e. The number of amides is 1. The summed E-state index contributed by atoms with van der Waals surface area (Å²) in [6.07, 6.45) is 5.99. The molecule has 0 aliphatic carbocycles. The summed E-state index contributed by atoms with van der Waals surface area (Å²) in [6, 6.07) is 13.5. The molecule has 1 fully saturated rings. The third-order valence-corrected chi connectivity index (χ3v) is 5.75. The molecule has 1 amide bonds. The van der Waals surface area contributed by atoms with Crippen LogP contribution in [0.4, 0.5) is 5.69 Å². The van der Waals surface area contributed by atoms with Crippen molar-refractivity contribution < 1.29 is 9.53 Å². The summed E-state index contributed by atoms with van der Waals surface area (Å²) < 4.78 is 8.28. The second-order valence-electron chi connectivity index (χ2n) is 7.15. The molecule has 0 saturated carbocycles. The number of ether oxygens (including phenoxy) is 1. The van der Waals surface area contributed by atoms with Gasteiger partial charge in [-0.2, -0.15) is 0 Å². The number of anilines is 1. The highest BCUT2D eigenvalue weighted by molar-refractivity contribution is 6.35. The number of carbonyl (C=O) groups excluding carboxylic acids is 1. The standard InChI is InChI=1S/C22H22Cl2N4O2/c23-17-1-6-20(21(24)13-17)22(14-27-8-7-25-15-27)30-19-4-2-18(3-5-19)28-11-9-26(16-29)10-12-28/h1-8,13,15-16,22H,9-12,14H2. The Morgan fingerprint density at radius 1 is 1.07 bits per heavy atom. The Labute approximate surface area is 185 Å². The van der Waals surface area contributed by atoms with Gasteiger partial charge in [0.1, 0.15) is 11.9 Å². The van der Waals surface area contributed by atoms with Crippen LogP contribution in [-0.4, -0.2) is 47.0 Å². The molecule has 30 heavy (non-hydrogen) atoms. The van der Waals surface area contributed by atoms with Crippen molar-refractivity contribution in [2.45, 2.75) is 12.6 Å². The maximum absolute atomic E-state index is 10.9. The fraction of sp³-hybridized carbons (Fsp3) is 0.273. The molecule has 2 aromatic carbocycles. The molecule has 3 aromatic rings. The maximum Gasteiger partial charge on any atom is 0.209 e. The van der Waals surface area contributed by atoms with Crippen molar-refractivity contribution in [2.24, 2.45) is 0 Å². The van der Waals surface area contributed by atoms with Crippen molar-refractivity contribution >= 4 is 35.3 Å². The highest BCUT2D eigenvalue weighted by Gasteiger charge is 2.19. The van der Waals surface area contributed by atoms with Gasteiger partial charge in [-0.05, 0) is 36.4 Å². The van der Waals surface area contributed by atoms with Gasteiger partial charge in [-0.15, -0.1) is 0 Å². The SMILES string of the molecule is O=CN1CCN(c2ccc(OC(Cn3ccnc3)c3ccc(Cl)cc3Cl)cc2)CC1. The first-order valence-corrected chi connectivity index (χ1v) is 10.5. The summed E-state index contributed by atoms with van der Waals surface area (Å²) in [5, 5.41) is 1.15. The Balaban J connectivity index is 1.50. The van der Waals surface area contributed by atoms with Gasteiger partial charge in [0.25, 0.3) is 0 Å². The predicted octanol–water partition coefficient (Wildman–Crippen LogP) is 4.29. The average Bonchev–Trinajstić information content (AvgIpc) is 3.27. The number of carbonyl (C=O) groups is 1. The van der Waals surface area contributed by atoms with Gasteiger partial charge in [0.2, 0.25) is 6.41 Å². The number of nitrogens with zero attached hydrogens (tertiary/aromatic N) is 4. The Kier molecular flexibility index (Phi) is 6.45. The lowest BCUT2D eigenvalue weighted by atomic mass is 10.1. The fourth-order valence-corrected chi connectivity index (χ4v) is 4.06. The van der Waals surface area contributed by atoms with Crippen LogP contribution in [0.5, 0.6) is 5.75 Å². The van der Waals surface area contributed by atoms with Crippen molar-refractivity contribution in [3.05, 3.63) is 76.8 Å². The molecule has 4 rings (SSSR count). The van der Waals surface area contributed by atoms with E-state index < -0.39 is 0 Å². The van der Waals surface area contributed by atoms with Crippen LogP contribution >= 0.6 is 23.2 Å². The van der Waals surface area contributed by atoms with Crippen molar-refractivity contribution in [2.75, 3.05) is 31.1 Å². The molecule has 8 heteroatoms. The number of piperazine rings is 1. The molecule has 0 N–H and O–H groups in total. The largest absolute Gasteiger partial charge is 0.484 e. The fourth-order valence-electron chi connectivity index (χ4n) is 3.53. The number of halogens is 2. The molecule has 2 heterocycles. The molecule has 0 radical (unpaired) electrons. The zero-order valence-corrected chi connectivity index (χ0v) is 17.8. The minimum atomic E-state index is -0.300. The van der Waals surface area contributed by atoms with Gasteiger partial charge < -0.3 is 19.1 Å². The number of imidazole rings is 1. The minimum absolute atomic E-state index is 0.300. The zero-order chi connectivity index (χ0) is 20.9. The Bertz CT molecular complexity index is 971. The molecule has 1 saturated heterocycles. The van der Waals surface area contributed by atoms with E-state index in [0.717, 1.165) is 49.6 Å². The molecule has 6 nitrogen and oxygen atoms in total. The number of hydrogen-bond acceptors (Lipinski definition) is 4. The van der Waals surface area contributed by atoms with E-state index in [1.54, 1.807) is 23.5 Å². The Morgan fingerprint density at radius 3 is 2.47 bits per heavy atom. The molecular formula is C22H22Cl2N4O2. The van der Waals surface area contributed by atoms with Gasteiger partial charge in [-0.3, -0.25) is 4.79 Å². The van der Waals surface area contributed by atoms with E-state index >= 15 is 0 Å². The summed E-state index contributed by atoms with van der Waals surface area (Å²) >= 11 is 12.5. The summed E-state index contributed by atoms with van der Waals surface area (Å²) in [7, 11) is 0. The second-order valence-corrected chi connectivity index (χ2v) is 8.00. The van der Waals surface area contributed by atoms with Crippen LogP contribution in [0.15, 0.2) is 61.2 Å². The monoisotopic (exact) mass is 444 g/mol. The van der Waals surface area contributed by atoms with Gasteiger partial charge in [-0.1, -0.05) is 29.3 Å². The van der Waals surface area contributed by atoms with Crippen molar-refractivity contribution in [3.8, 4) is 5.75 Å². The Hall–Kier alpha value is -2.70. The first-order chi connectivity index (χ1) is 14.6. The van der Waals surface area contributed by atoms with Gasteiger partial charge in [0, 0.05) is 59.9 Å². The first kappa shape index (κ1) is 20.6. The first-order valence-electron chi connectivity index (χ1n) is 9.74. The lowest BCUT2D eigenvalue weighted by molar-refractivity contribution is -0.118. The number of hydrogen-bond donors (Lipinski definition) is 0. The molecule has 1 aliphatic rings. The zero-order valence-electron chi connectivity index (χ0n) is 16.3. The van der Waals surface area contributed by atoms with Crippen LogP contribution in [0.2, 0.25) is 10.0 Å². The molecule has 0 spiro atoms. The quantitative estimate of drug-likeness (QED) is 0.510. The molecule has 0 bridgehead atoms. The van der Waals surface area contributed by atoms with Crippen LogP contribution in [0.25, 0.3) is 0 Å². The molecule has 156 valence electrons. The Morgan fingerprint density at radius 2 is 1.83 bits per heavy atom. The topological polar surface area (TPSA) is 50.6 Å². The molecule has 1 aliphatic heterocycles. The average molecular weight is 445 g/mol. The van der Waals surface area contributed by atoms with Crippen LogP contribution < -0.4 is 9.64 Å². The normalized spacial score (nSPS) is 15.1. The van der Waals surface area contributed by atoms with Gasteiger partial charge in [0.05, 0.1) is 12.9 Å². The third kappa shape index (κ3) is 4.89. The molecular weight excluding hydrogens is 423 g/mol. The van der Waals surface area contributed by atoms with E-state index in [9.17, 15) is 4.79 Å². The molecule has 1 aromatic heterocycles. The summed E-state index contributed by atoms with van der Waals surface area (Å²) in [5.74, 6) is 0.751. The highest BCUT2D eigenvalue weighted by Crippen LogP contribution is 2.32. The minimum Gasteiger partial charge on any atom is -0.484 e. The summed E-state index contributed by atoms with van der Waals surface area (Å²) in [4.78, 5) is 19.1. The van der Waals surface area contributed by atoms with E-state index in [1.807, 2.05) is 47.2 Å². The van der Waals surface area contributed by atoms with E-state index in [2.05, 4.69) is 9.88 Å². The van der Waals surface area contributed by atoms with Crippen molar-refractivity contribution in [3.63, 3.8) is 0 Å². The van der Waals surface area contributed by atoms with E-state index in [1.165, 1.54) is 0 Å². The van der Waals surface area contributed by atoms with Crippen LogP contribution in [-0.2, 0) is 11.3 Å². The lowest BCUT2D eigenvalue weighted by Crippen LogP contribution is -2.45. The van der Waals surface area contributed by atoms with Crippen LogP contribution in [0.1, 0.15) is 11.7 Å². The lowest BCUT2D eigenvalue weighted by Gasteiger charge is -2.34. The molecule has 1 unspecified atom stereocenters. The van der Waals surface area contributed by atoms with E-state index in [-0.39, 0.29) is 6.10 Å². The van der Waals surface area contributed by atoms with E-state index in [0.29, 0.717) is 16.6 Å². The van der Waals surface area contributed by atoms with Crippen molar-refractivity contribution in [1.29, 1.82) is 0 Å².